The maximum atomic E-state index is 13.1. The van der Waals surface area contributed by atoms with Crippen molar-refractivity contribution < 1.29 is 32.6 Å². The van der Waals surface area contributed by atoms with Gasteiger partial charge in [0.25, 0.3) is 0 Å². The second-order valence-corrected chi connectivity index (χ2v) is 4.73. The molecule has 0 aliphatic carbocycles. The molecule has 5 nitrogen and oxygen atoms in total. The summed E-state index contributed by atoms with van der Waals surface area (Å²) in [4.78, 5) is 23.8. The van der Waals surface area contributed by atoms with Gasteiger partial charge in [0.05, 0.1) is 19.8 Å². The SMILES string of the molecule is COc1ccc(C(=O)COC(=O)c2cc(F)cc(F)c2)cc1OC. The second-order valence-electron chi connectivity index (χ2n) is 4.73. The summed E-state index contributed by atoms with van der Waals surface area (Å²) >= 11 is 0. The van der Waals surface area contributed by atoms with Crippen LogP contribution in [0.3, 0.4) is 0 Å². The highest BCUT2D eigenvalue weighted by molar-refractivity contribution is 5.99. The summed E-state index contributed by atoms with van der Waals surface area (Å²) in [6, 6.07) is 6.75. The number of halogens is 2. The molecule has 0 saturated carbocycles. The Balaban J connectivity index is 2.06. The zero-order valence-corrected chi connectivity index (χ0v) is 13.0. The van der Waals surface area contributed by atoms with Gasteiger partial charge in [-0.2, -0.15) is 0 Å². The van der Waals surface area contributed by atoms with E-state index in [0.29, 0.717) is 17.6 Å². The van der Waals surface area contributed by atoms with Crippen LogP contribution in [-0.4, -0.2) is 32.6 Å². The molecule has 0 N–H and O–H groups in total. The van der Waals surface area contributed by atoms with Crippen molar-refractivity contribution in [3.63, 3.8) is 0 Å². The molecule has 0 atom stereocenters. The van der Waals surface area contributed by atoms with Crippen LogP contribution >= 0.6 is 0 Å². The van der Waals surface area contributed by atoms with Crippen LogP contribution in [0.5, 0.6) is 11.5 Å². The number of carbonyl (C=O) groups is 2. The highest BCUT2D eigenvalue weighted by Crippen LogP contribution is 2.27. The monoisotopic (exact) mass is 336 g/mol. The third-order valence-electron chi connectivity index (χ3n) is 3.14. The Labute approximate surface area is 136 Å². The van der Waals surface area contributed by atoms with Crippen molar-refractivity contribution in [1.82, 2.24) is 0 Å². The molecule has 2 aromatic rings. The van der Waals surface area contributed by atoms with E-state index in [2.05, 4.69) is 0 Å². The minimum Gasteiger partial charge on any atom is -0.493 e. The Morgan fingerprint density at radius 1 is 0.875 bits per heavy atom. The number of esters is 1. The molecule has 2 rings (SSSR count). The molecule has 2 aromatic carbocycles. The lowest BCUT2D eigenvalue weighted by Gasteiger charge is -2.09. The molecule has 0 unspecified atom stereocenters. The predicted molar refractivity (Wildman–Crippen MR) is 80.5 cm³/mol. The number of carbonyl (C=O) groups excluding carboxylic acids is 2. The number of Topliss-reactive ketones (excluding diaryl/α,β-unsaturated/α-hetero) is 1. The molecule has 0 fully saturated rings. The van der Waals surface area contributed by atoms with Crippen LogP contribution in [0.1, 0.15) is 20.7 Å². The minimum absolute atomic E-state index is 0.242. The van der Waals surface area contributed by atoms with E-state index in [1.807, 2.05) is 0 Å². The van der Waals surface area contributed by atoms with Crippen LogP contribution in [-0.2, 0) is 4.74 Å². The van der Waals surface area contributed by atoms with Crippen LogP contribution in [0.15, 0.2) is 36.4 Å². The van der Waals surface area contributed by atoms with Crippen molar-refractivity contribution >= 4 is 11.8 Å². The minimum atomic E-state index is -0.998. The van der Waals surface area contributed by atoms with Gasteiger partial charge in [0.2, 0.25) is 0 Å². The zero-order chi connectivity index (χ0) is 17.7. The van der Waals surface area contributed by atoms with Gasteiger partial charge in [0, 0.05) is 11.6 Å². The topological polar surface area (TPSA) is 61.8 Å². The molecular formula is C17H14F2O5. The normalized spacial score (nSPS) is 10.2. The molecular weight excluding hydrogens is 322 g/mol. The van der Waals surface area contributed by atoms with E-state index in [-0.39, 0.29) is 11.1 Å². The number of benzene rings is 2. The Morgan fingerprint density at radius 2 is 1.50 bits per heavy atom. The summed E-state index contributed by atoms with van der Waals surface area (Å²) in [6.45, 7) is -0.577. The molecule has 24 heavy (non-hydrogen) atoms. The number of hydrogen-bond donors (Lipinski definition) is 0. The molecule has 0 amide bonds. The van der Waals surface area contributed by atoms with Crippen LogP contribution in [0.4, 0.5) is 8.78 Å². The highest BCUT2D eigenvalue weighted by atomic mass is 19.1. The second kappa shape index (κ2) is 7.54. The van der Waals surface area contributed by atoms with Crippen molar-refractivity contribution in [3.05, 3.63) is 59.2 Å². The van der Waals surface area contributed by atoms with Crippen molar-refractivity contribution in [3.8, 4) is 11.5 Å². The molecule has 0 saturated heterocycles. The third kappa shape index (κ3) is 4.07. The van der Waals surface area contributed by atoms with Gasteiger partial charge in [-0.25, -0.2) is 13.6 Å². The van der Waals surface area contributed by atoms with Gasteiger partial charge in [-0.05, 0) is 30.3 Å². The van der Waals surface area contributed by atoms with Gasteiger partial charge in [0.1, 0.15) is 11.6 Å². The maximum absolute atomic E-state index is 13.1. The predicted octanol–water partition coefficient (Wildman–Crippen LogP) is 3.02. The van der Waals surface area contributed by atoms with Crippen LogP contribution in [0.25, 0.3) is 0 Å². The first-order chi connectivity index (χ1) is 11.4. The van der Waals surface area contributed by atoms with E-state index in [1.165, 1.54) is 32.4 Å². The van der Waals surface area contributed by atoms with Gasteiger partial charge in [-0.3, -0.25) is 4.79 Å². The van der Waals surface area contributed by atoms with Crippen LogP contribution in [0, 0.1) is 11.6 Å². The molecule has 7 heteroatoms. The first kappa shape index (κ1) is 17.4. The fourth-order valence-corrected chi connectivity index (χ4v) is 1.98. The fourth-order valence-electron chi connectivity index (χ4n) is 1.98. The van der Waals surface area contributed by atoms with Crippen molar-refractivity contribution in [2.24, 2.45) is 0 Å². The fraction of sp³-hybridized carbons (Fsp3) is 0.176. The summed E-state index contributed by atoms with van der Waals surface area (Å²) in [5, 5.41) is 0. The maximum Gasteiger partial charge on any atom is 0.338 e. The molecule has 0 aliphatic heterocycles. The Morgan fingerprint density at radius 3 is 2.08 bits per heavy atom. The van der Waals surface area contributed by atoms with E-state index < -0.39 is 30.0 Å². The summed E-state index contributed by atoms with van der Waals surface area (Å²) in [5.74, 6) is -2.52. The van der Waals surface area contributed by atoms with Crippen molar-refractivity contribution in [1.29, 1.82) is 0 Å². The highest BCUT2D eigenvalue weighted by Gasteiger charge is 2.15. The summed E-state index contributed by atoms with van der Waals surface area (Å²) in [7, 11) is 2.88. The first-order valence-corrected chi connectivity index (χ1v) is 6.83. The molecule has 0 bridgehead atoms. The van der Waals surface area contributed by atoms with Gasteiger partial charge in [-0.15, -0.1) is 0 Å². The van der Waals surface area contributed by atoms with Crippen molar-refractivity contribution in [2.75, 3.05) is 20.8 Å². The summed E-state index contributed by atoms with van der Waals surface area (Å²) in [5.41, 5.74) is -0.0708. The molecule has 126 valence electrons. The molecule has 0 radical (unpaired) electrons. The summed E-state index contributed by atoms with van der Waals surface area (Å²) < 4.78 is 41.1. The Hall–Kier alpha value is -2.96. The standard InChI is InChI=1S/C17H14F2O5/c1-22-15-4-3-10(7-16(15)23-2)14(20)9-24-17(21)11-5-12(18)8-13(19)6-11/h3-8H,9H2,1-2H3. The molecule has 0 aromatic heterocycles. The van der Waals surface area contributed by atoms with E-state index in [0.717, 1.165) is 12.1 Å². The molecule has 0 spiro atoms. The van der Waals surface area contributed by atoms with Gasteiger partial charge in [0.15, 0.2) is 23.9 Å². The summed E-state index contributed by atoms with van der Waals surface area (Å²) in [6.07, 6.45) is 0. The number of ketones is 1. The van der Waals surface area contributed by atoms with Crippen LogP contribution in [0.2, 0.25) is 0 Å². The van der Waals surface area contributed by atoms with Gasteiger partial charge < -0.3 is 14.2 Å². The Bertz CT molecular complexity index is 753. The number of ether oxygens (including phenoxy) is 3. The van der Waals surface area contributed by atoms with Crippen LogP contribution < -0.4 is 9.47 Å². The number of methoxy groups -OCH3 is 2. The largest absolute Gasteiger partial charge is 0.493 e. The average Bonchev–Trinajstić information content (AvgIpc) is 2.57. The molecule has 0 aliphatic rings. The molecule has 0 heterocycles. The lowest BCUT2D eigenvalue weighted by molar-refractivity contribution is 0.0474. The smallest absolute Gasteiger partial charge is 0.338 e. The quantitative estimate of drug-likeness (QED) is 0.599. The lowest BCUT2D eigenvalue weighted by atomic mass is 10.1. The third-order valence-corrected chi connectivity index (χ3v) is 3.14. The van der Waals surface area contributed by atoms with Gasteiger partial charge in [-0.1, -0.05) is 0 Å². The number of hydrogen-bond acceptors (Lipinski definition) is 5. The van der Waals surface area contributed by atoms with Crippen molar-refractivity contribution in [2.45, 2.75) is 0 Å². The van der Waals surface area contributed by atoms with E-state index in [4.69, 9.17) is 14.2 Å². The number of rotatable bonds is 6. The Kier molecular flexibility index (Phi) is 5.47. The van der Waals surface area contributed by atoms with E-state index in [9.17, 15) is 18.4 Å². The van der Waals surface area contributed by atoms with E-state index >= 15 is 0 Å². The first-order valence-electron chi connectivity index (χ1n) is 6.83. The zero-order valence-electron chi connectivity index (χ0n) is 13.0. The van der Waals surface area contributed by atoms with Gasteiger partial charge >= 0.3 is 5.97 Å². The van der Waals surface area contributed by atoms with E-state index in [1.54, 1.807) is 0 Å². The lowest BCUT2D eigenvalue weighted by Crippen LogP contribution is -2.14. The average molecular weight is 336 g/mol.